The molecule has 0 unspecified atom stereocenters. The topological polar surface area (TPSA) is 26.3 Å². The third-order valence-corrected chi connectivity index (χ3v) is 1.90. The number of hydrogen-bond acceptors (Lipinski definition) is 2. The molecule has 0 aliphatic carbocycles. The van der Waals surface area contributed by atoms with Crippen molar-refractivity contribution in [2.75, 3.05) is 6.61 Å². The zero-order chi connectivity index (χ0) is 10.2. The van der Waals surface area contributed by atoms with E-state index in [9.17, 15) is 4.79 Å². The maximum absolute atomic E-state index is 10.4. The van der Waals surface area contributed by atoms with E-state index in [2.05, 4.69) is 0 Å². The Bertz CT molecular complexity index is 301. The zero-order valence-corrected chi connectivity index (χ0v) is 8.27. The van der Waals surface area contributed by atoms with Gasteiger partial charge in [-0.2, -0.15) is 0 Å². The second-order valence-electron chi connectivity index (χ2n) is 2.96. The molecule has 0 saturated heterocycles. The lowest BCUT2D eigenvalue weighted by Gasteiger charge is -2.03. The van der Waals surface area contributed by atoms with Gasteiger partial charge in [0.05, 0.1) is 13.2 Å². The van der Waals surface area contributed by atoms with Crippen LogP contribution in [0.4, 0.5) is 0 Å². The molecular weight excluding hydrogens is 176 g/mol. The van der Waals surface area contributed by atoms with Gasteiger partial charge in [-0.3, -0.25) is 4.79 Å². The van der Waals surface area contributed by atoms with Crippen LogP contribution in [0.25, 0.3) is 0 Å². The molecule has 0 fully saturated rings. The number of ether oxygens (including phenoxy) is 1. The highest BCUT2D eigenvalue weighted by molar-refractivity contribution is 5.73. The molecule has 0 aromatic heterocycles. The van der Waals surface area contributed by atoms with Crippen molar-refractivity contribution in [1.29, 1.82) is 0 Å². The Morgan fingerprint density at radius 1 is 1.36 bits per heavy atom. The molecule has 1 rings (SSSR count). The minimum atomic E-state index is 0.384. The van der Waals surface area contributed by atoms with Gasteiger partial charge in [0.2, 0.25) is 0 Å². The summed E-state index contributed by atoms with van der Waals surface area (Å²) < 4.78 is 5.36. The van der Waals surface area contributed by atoms with E-state index in [0.29, 0.717) is 18.8 Å². The number of allylic oxidation sites excluding steroid dienone is 1. The fraction of sp³-hybridized carbons (Fsp3) is 0.250. The Labute approximate surface area is 84.2 Å². The van der Waals surface area contributed by atoms with Crippen LogP contribution in [0.3, 0.4) is 0 Å². The lowest BCUT2D eigenvalue weighted by atomic mass is 10.2. The van der Waals surface area contributed by atoms with E-state index in [4.69, 9.17) is 4.74 Å². The standard InChI is InChI=1S/C12H14O2/c1-2-11(8-13)9-14-10-12-6-4-3-5-7-12/h2-8H,9-10H2,1H3/b11-2-. The van der Waals surface area contributed by atoms with E-state index in [1.54, 1.807) is 6.08 Å². The minimum Gasteiger partial charge on any atom is -0.372 e. The van der Waals surface area contributed by atoms with Gasteiger partial charge in [0.25, 0.3) is 0 Å². The fourth-order valence-electron chi connectivity index (χ4n) is 1.05. The van der Waals surface area contributed by atoms with Gasteiger partial charge in [0, 0.05) is 5.57 Å². The van der Waals surface area contributed by atoms with Crippen molar-refractivity contribution in [1.82, 2.24) is 0 Å². The molecule has 0 bridgehead atoms. The molecule has 1 aromatic rings. The summed E-state index contributed by atoms with van der Waals surface area (Å²) in [6.07, 6.45) is 2.59. The first-order valence-electron chi connectivity index (χ1n) is 4.59. The van der Waals surface area contributed by atoms with Crippen LogP contribution in [-0.4, -0.2) is 12.9 Å². The van der Waals surface area contributed by atoms with E-state index in [0.717, 1.165) is 11.8 Å². The molecule has 0 amide bonds. The molecule has 0 aliphatic rings. The van der Waals surface area contributed by atoms with Crippen LogP contribution in [0.5, 0.6) is 0 Å². The molecule has 0 heterocycles. The van der Waals surface area contributed by atoms with Crippen molar-refractivity contribution in [3.63, 3.8) is 0 Å². The van der Waals surface area contributed by atoms with Crippen LogP contribution in [0.1, 0.15) is 12.5 Å². The fourth-order valence-corrected chi connectivity index (χ4v) is 1.05. The van der Waals surface area contributed by atoms with E-state index < -0.39 is 0 Å². The lowest BCUT2D eigenvalue weighted by molar-refractivity contribution is -0.105. The molecular formula is C12H14O2. The molecule has 0 N–H and O–H groups in total. The number of carbonyl (C=O) groups excluding carboxylic acids is 1. The number of benzene rings is 1. The normalized spacial score (nSPS) is 11.4. The first-order chi connectivity index (χ1) is 6.86. The molecule has 0 spiro atoms. The van der Waals surface area contributed by atoms with Crippen LogP contribution >= 0.6 is 0 Å². The molecule has 2 nitrogen and oxygen atoms in total. The molecule has 74 valence electrons. The van der Waals surface area contributed by atoms with Crippen LogP contribution in [-0.2, 0) is 16.1 Å². The Morgan fingerprint density at radius 2 is 2.07 bits per heavy atom. The second kappa shape index (κ2) is 6.11. The van der Waals surface area contributed by atoms with Crippen molar-refractivity contribution in [3.05, 3.63) is 47.5 Å². The first kappa shape index (κ1) is 10.7. The summed E-state index contributed by atoms with van der Waals surface area (Å²) in [7, 11) is 0. The Kier molecular flexibility index (Phi) is 4.65. The first-order valence-corrected chi connectivity index (χ1v) is 4.59. The van der Waals surface area contributed by atoms with Gasteiger partial charge in [0.1, 0.15) is 6.29 Å². The number of aldehydes is 1. The van der Waals surface area contributed by atoms with Crippen LogP contribution in [0.15, 0.2) is 42.0 Å². The highest BCUT2D eigenvalue weighted by Crippen LogP contribution is 2.01. The van der Waals surface area contributed by atoms with Gasteiger partial charge in [-0.1, -0.05) is 36.4 Å². The molecule has 0 saturated carbocycles. The van der Waals surface area contributed by atoms with Gasteiger partial charge in [-0.05, 0) is 12.5 Å². The third-order valence-electron chi connectivity index (χ3n) is 1.90. The zero-order valence-electron chi connectivity index (χ0n) is 8.27. The van der Waals surface area contributed by atoms with Crippen molar-refractivity contribution >= 4 is 6.29 Å². The monoisotopic (exact) mass is 190 g/mol. The van der Waals surface area contributed by atoms with Crippen molar-refractivity contribution in [2.24, 2.45) is 0 Å². The quantitative estimate of drug-likeness (QED) is 0.526. The van der Waals surface area contributed by atoms with Gasteiger partial charge in [0.15, 0.2) is 0 Å². The summed E-state index contributed by atoms with van der Waals surface area (Å²) in [6.45, 7) is 2.76. The third kappa shape index (κ3) is 3.54. The number of carbonyl (C=O) groups is 1. The summed E-state index contributed by atoms with van der Waals surface area (Å²) in [4.78, 5) is 10.4. The van der Waals surface area contributed by atoms with Crippen LogP contribution in [0, 0.1) is 0 Å². The predicted octanol–water partition coefficient (Wildman–Crippen LogP) is 2.35. The summed E-state index contributed by atoms with van der Waals surface area (Å²) in [5, 5.41) is 0. The average molecular weight is 190 g/mol. The second-order valence-corrected chi connectivity index (χ2v) is 2.96. The summed E-state index contributed by atoms with van der Waals surface area (Å²) in [5.41, 5.74) is 1.80. The van der Waals surface area contributed by atoms with Gasteiger partial charge in [-0.25, -0.2) is 0 Å². The molecule has 1 aromatic carbocycles. The lowest BCUT2D eigenvalue weighted by Crippen LogP contribution is -1.99. The smallest absolute Gasteiger partial charge is 0.148 e. The van der Waals surface area contributed by atoms with E-state index in [1.807, 2.05) is 37.3 Å². The molecule has 0 aliphatic heterocycles. The maximum Gasteiger partial charge on any atom is 0.148 e. The maximum atomic E-state index is 10.4. The highest BCUT2D eigenvalue weighted by Gasteiger charge is 1.94. The average Bonchev–Trinajstić information content (AvgIpc) is 2.26. The molecule has 0 atom stereocenters. The van der Waals surface area contributed by atoms with E-state index in [-0.39, 0.29) is 0 Å². The number of hydrogen-bond donors (Lipinski definition) is 0. The van der Waals surface area contributed by atoms with Crippen molar-refractivity contribution < 1.29 is 9.53 Å². The summed E-state index contributed by atoms with van der Waals surface area (Å²) >= 11 is 0. The SMILES string of the molecule is C/C=C(/C=O)COCc1ccccc1. The minimum absolute atomic E-state index is 0.384. The predicted molar refractivity (Wildman–Crippen MR) is 55.9 cm³/mol. The van der Waals surface area contributed by atoms with Crippen LogP contribution < -0.4 is 0 Å². The van der Waals surface area contributed by atoms with Gasteiger partial charge >= 0.3 is 0 Å². The number of rotatable bonds is 5. The largest absolute Gasteiger partial charge is 0.372 e. The van der Waals surface area contributed by atoms with Crippen LogP contribution in [0.2, 0.25) is 0 Å². The Morgan fingerprint density at radius 3 is 2.64 bits per heavy atom. The molecule has 2 heteroatoms. The van der Waals surface area contributed by atoms with E-state index >= 15 is 0 Å². The molecule has 0 radical (unpaired) electrons. The van der Waals surface area contributed by atoms with Gasteiger partial charge < -0.3 is 4.74 Å². The molecule has 14 heavy (non-hydrogen) atoms. The Balaban J connectivity index is 2.32. The van der Waals surface area contributed by atoms with Crippen molar-refractivity contribution in [3.8, 4) is 0 Å². The van der Waals surface area contributed by atoms with Crippen molar-refractivity contribution in [2.45, 2.75) is 13.5 Å². The van der Waals surface area contributed by atoms with E-state index in [1.165, 1.54) is 0 Å². The van der Waals surface area contributed by atoms with Gasteiger partial charge in [-0.15, -0.1) is 0 Å². The summed E-state index contributed by atoms with van der Waals surface area (Å²) in [5.74, 6) is 0. The summed E-state index contributed by atoms with van der Waals surface area (Å²) in [6, 6.07) is 9.89. The Hall–Kier alpha value is -1.41. The highest BCUT2D eigenvalue weighted by atomic mass is 16.5.